The molecule has 86 valence electrons. The molecule has 0 aliphatic heterocycles. The van der Waals surface area contributed by atoms with Gasteiger partial charge in [0, 0.05) is 18.5 Å². The van der Waals surface area contributed by atoms with E-state index in [2.05, 4.69) is 31.2 Å². The third-order valence-electron chi connectivity index (χ3n) is 2.19. The topological polar surface area (TPSA) is 39.1 Å². The molecule has 1 aromatic rings. The van der Waals surface area contributed by atoms with Crippen LogP contribution in [0.15, 0.2) is 12.4 Å². The van der Waals surface area contributed by atoms with E-state index in [1.165, 1.54) is 0 Å². The van der Waals surface area contributed by atoms with E-state index in [4.69, 9.17) is 4.74 Å². The summed E-state index contributed by atoms with van der Waals surface area (Å²) in [5.41, 5.74) is 0. The van der Waals surface area contributed by atoms with Crippen LogP contribution in [0.25, 0.3) is 0 Å². The lowest BCUT2D eigenvalue weighted by Gasteiger charge is -2.10. The molecule has 0 bridgehead atoms. The van der Waals surface area contributed by atoms with Crippen LogP contribution in [0.3, 0.4) is 0 Å². The summed E-state index contributed by atoms with van der Waals surface area (Å²) in [6.45, 7) is 8.05. The van der Waals surface area contributed by atoms with Crippen molar-refractivity contribution in [3.63, 3.8) is 0 Å². The van der Waals surface area contributed by atoms with Gasteiger partial charge in [-0.3, -0.25) is 4.68 Å². The fraction of sp³-hybridized carbons (Fsp3) is 0.727. The van der Waals surface area contributed by atoms with Crippen molar-refractivity contribution in [1.82, 2.24) is 15.1 Å². The molecule has 0 aliphatic carbocycles. The zero-order valence-corrected chi connectivity index (χ0v) is 10.0. The summed E-state index contributed by atoms with van der Waals surface area (Å²) < 4.78 is 7.53. The number of hydrogen-bond acceptors (Lipinski definition) is 3. The van der Waals surface area contributed by atoms with E-state index in [-0.39, 0.29) is 0 Å². The van der Waals surface area contributed by atoms with Crippen LogP contribution in [0.5, 0.6) is 5.75 Å². The van der Waals surface area contributed by atoms with Gasteiger partial charge in [-0.25, -0.2) is 0 Å². The molecule has 1 N–H and O–H groups in total. The lowest BCUT2D eigenvalue weighted by atomic mass is 10.2. The average Bonchev–Trinajstić information content (AvgIpc) is 2.63. The van der Waals surface area contributed by atoms with Gasteiger partial charge in [0.15, 0.2) is 5.75 Å². The molecule has 0 saturated heterocycles. The van der Waals surface area contributed by atoms with E-state index in [9.17, 15) is 0 Å². The standard InChI is InChI=1S/C11H21N3O/c1-9(2)14-7-11(6-13-14)15-8-10(3)5-12-4/h6-7,9-10,12H,5,8H2,1-4H3. The molecule has 0 aromatic carbocycles. The number of ether oxygens (including phenoxy) is 1. The Balaban J connectivity index is 2.37. The maximum atomic E-state index is 5.63. The summed E-state index contributed by atoms with van der Waals surface area (Å²) in [6.07, 6.45) is 3.71. The van der Waals surface area contributed by atoms with E-state index in [1.54, 1.807) is 6.20 Å². The van der Waals surface area contributed by atoms with Crippen molar-refractivity contribution in [3.05, 3.63) is 12.4 Å². The van der Waals surface area contributed by atoms with Gasteiger partial charge in [0.2, 0.25) is 0 Å². The molecule has 0 spiro atoms. The highest BCUT2D eigenvalue weighted by molar-refractivity contribution is 5.11. The molecular formula is C11H21N3O. The third-order valence-corrected chi connectivity index (χ3v) is 2.19. The first-order chi connectivity index (χ1) is 7.13. The van der Waals surface area contributed by atoms with Crippen LogP contribution < -0.4 is 10.1 Å². The maximum Gasteiger partial charge on any atom is 0.157 e. The van der Waals surface area contributed by atoms with Gasteiger partial charge in [-0.2, -0.15) is 5.10 Å². The third kappa shape index (κ3) is 3.91. The molecule has 1 rings (SSSR count). The highest BCUT2D eigenvalue weighted by Gasteiger charge is 2.05. The monoisotopic (exact) mass is 211 g/mol. The Morgan fingerprint density at radius 1 is 1.47 bits per heavy atom. The summed E-state index contributed by atoms with van der Waals surface area (Å²) in [5.74, 6) is 1.36. The minimum Gasteiger partial charge on any atom is -0.490 e. The summed E-state index contributed by atoms with van der Waals surface area (Å²) in [4.78, 5) is 0. The van der Waals surface area contributed by atoms with Crippen LogP contribution >= 0.6 is 0 Å². The van der Waals surface area contributed by atoms with Gasteiger partial charge in [0.05, 0.1) is 19.0 Å². The van der Waals surface area contributed by atoms with E-state index in [0.717, 1.165) is 18.9 Å². The van der Waals surface area contributed by atoms with E-state index >= 15 is 0 Å². The van der Waals surface area contributed by atoms with Crippen molar-refractivity contribution >= 4 is 0 Å². The molecule has 0 radical (unpaired) electrons. The first kappa shape index (κ1) is 12.0. The number of aromatic nitrogens is 2. The molecule has 0 amide bonds. The zero-order valence-electron chi connectivity index (χ0n) is 10.0. The Bertz CT molecular complexity index is 283. The van der Waals surface area contributed by atoms with Crippen LogP contribution in [-0.4, -0.2) is 30.0 Å². The second kappa shape index (κ2) is 5.75. The SMILES string of the molecule is CNCC(C)COc1cnn(C(C)C)c1. The van der Waals surface area contributed by atoms with E-state index in [1.807, 2.05) is 17.9 Å². The average molecular weight is 211 g/mol. The first-order valence-electron chi connectivity index (χ1n) is 5.45. The Labute approximate surface area is 91.6 Å². The fourth-order valence-electron chi connectivity index (χ4n) is 1.32. The molecule has 0 saturated carbocycles. The second-order valence-electron chi connectivity index (χ2n) is 4.22. The Morgan fingerprint density at radius 3 is 2.73 bits per heavy atom. The molecule has 1 unspecified atom stereocenters. The normalized spacial score (nSPS) is 13.1. The molecular weight excluding hydrogens is 190 g/mol. The largest absolute Gasteiger partial charge is 0.490 e. The molecule has 4 heteroatoms. The van der Waals surface area contributed by atoms with Crippen molar-refractivity contribution in [2.45, 2.75) is 26.8 Å². The van der Waals surface area contributed by atoms with Crippen molar-refractivity contribution in [2.24, 2.45) is 5.92 Å². The number of nitrogens with one attached hydrogen (secondary N) is 1. The van der Waals surface area contributed by atoms with E-state index in [0.29, 0.717) is 12.0 Å². The molecule has 1 atom stereocenters. The van der Waals surface area contributed by atoms with Crippen LogP contribution in [0.4, 0.5) is 0 Å². The van der Waals surface area contributed by atoms with Gasteiger partial charge in [-0.05, 0) is 20.9 Å². The molecule has 1 heterocycles. The minimum absolute atomic E-state index is 0.386. The van der Waals surface area contributed by atoms with Gasteiger partial charge >= 0.3 is 0 Å². The van der Waals surface area contributed by atoms with Crippen molar-refractivity contribution in [1.29, 1.82) is 0 Å². The summed E-state index contributed by atoms with van der Waals surface area (Å²) >= 11 is 0. The summed E-state index contributed by atoms with van der Waals surface area (Å²) in [6, 6.07) is 0.386. The van der Waals surface area contributed by atoms with Gasteiger partial charge in [0.1, 0.15) is 0 Å². The zero-order chi connectivity index (χ0) is 11.3. The summed E-state index contributed by atoms with van der Waals surface area (Å²) in [5, 5.41) is 7.34. The number of nitrogens with zero attached hydrogens (tertiary/aromatic N) is 2. The van der Waals surface area contributed by atoms with Crippen LogP contribution in [0, 0.1) is 5.92 Å². The number of rotatable bonds is 6. The van der Waals surface area contributed by atoms with Gasteiger partial charge in [-0.15, -0.1) is 0 Å². The lowest BCUT2D eigenvalue weighted by Crippen LogP contribution is -2.21. The quantitative estimate of drug-likeness (QED) is 0.778. The lowest BCUT2D eigenvalue weighted by molar-refractivity contribution is 0.257. The van der Waals surface area contributed by atoms with Crippen LogP contribution in [0.1, 0.15) is 26.8 Å². The predicted molar refractivity (Wildman–Crippen MR) is 61.2 cm³/mol. The fourth-order valence-corrected chi connectivity index (χ4v) is 1.32. The van der Waals surface area contributed by atoms with Crippen molar-refractivity contribution in [2.75, 3.05) is 20.2 Å². The highest BCUT2D eigenvalue weighted by atomic mass is 16.5. The van der Waals surface area contributed by atoms with Crippen molar-refractivity contribution < 1.29 is 4.74 Å². The highest BCUT2D eigenvalue weighted by Crippen LogP contribution is 2.13. The van der Waals surface area contributed by atoms with Gasteiger partial charge < -0.3 is 10.1 Å². The van der Waals surface area contributed by atoms with Crippen LogP contribution in [0.2, 0.25) is 0 Å². The Kier molecular flexibility index (Phi) is 4.62. The van der Waals surface area contributed by atoms with Gasteiger partial charge in [0.25, 0.3) is 0 Å². The Hall–Kier alpha value is -1.03. The first-order valence-corrected chi connectivity index (χ1v) is 5.45. The molecule has 15 heavy (non-hydrogen) atoms. The molecule has 0 aliphatic rings. The Morgan fingerprint density at radius 2 is 2.20 bits per heavy atom. The molecule has 4 nitrogen and oxygen atoms in total. The smallest absolute Gasteiger partial charge is 0.157 e. The number of hydrogen-bond donors (Lipinski definition) is 1. The predicted octanol–water partition coefficient (Wildman–Crippen LogP) is 1.70. The van der Waals surface area contributed by atoms with Crippen LogP contribution in [-0.2, 0) is 0 Å². The van der Waals surface area contributed by atoms with Gasteiger partial charge in [-0.1, -0.05) is 6.92 Å². The molecule has 1 aromatic heterocycles. The second-order valence-corrected chi connectivity index (χ2v) is 4.22. The molecule has 0 fully saturated rings. The van der Waals surface area contributed by atoms with E-state index < -0.39 is 0 Å². The minimum atomic E-state index is 0.386. The summed E-state index contributed by atoms with van der Waals surface area (Å²) in [7, 11) is 1.95. The van der Waals surface area contributed by atoms with Crippen molar-refractivity contribution in [3.8, 4) is 5.75 Å². The maximum absolute atomic E-state index is 5.63.